The maximum Gasteiger partial charge on any atom is 0.219 e. The third kappa shape index (κ3) is 4.59. The highest BCUT2D eigenvalue weighted by Crippen LogP contribution is 2.33. The van der Waals surface area contributed by atoms with E-state index in [0.29, 0.717) is 24.8 Å². The third-order valence-corrected chi connectivity index (χ3v) is 7.21. The van der Waals surface area contributed by atoms with Gasteiger partial charge in [0.25, 0.3) is 0 Å². The van der Waals surface area contributed by atoms with Gasteiger partial charge in [-0.25, -0.2) is 0 Å². The van der Waals surface area contributed by atoms with Crippen molar-refractivity contribution >= 4 is 17.4 Å². The molecule has 4 heterocycles. The minimum Gasteiger partial charge on any atom is -0.388 e. The molecule has 8 nitrogen and oxygen atoms in total. The van der Waals surface area contributed by atoms with E-state index in [0.717, 1.165) is 80.1 Å². The molecule has 1 atom stereocenters. The van der Waals surface area contributed by atoms with Crippen LogP contribution in [0.1, 0.15) is 31.7 Å². The molecule has 180 valence electrons. The molecule has 2 aromatic rings. The molecular weight excluding hydrogens is 428 g/mol. The first-order chi connectivity index (χ1) is 16.5. The summed E-state index contributed by atoms with van der Waals surface area (Å²) in [6, 6.07) is 6.50. The number of aromatic nitrogens is 2. The minimum absolute atomic E-state index is 0.0636. The molecule has 0 spiro atoms. The van der Waals surface area contributed by atoms with Gasteiger partial charge in [0.15, 0.2) is 0 Å². The fourth-order valence-electron chi connectivity index (χ4n) is 5.20. The quantitative estimate of drug-likeness (QED) is 0.527. The van der Waals surface area contributed by atoms with Gasteiger partial charge < -0.3 is 19.9 Å². The SMILES string of the molecule is CC(=O)N1CCC(NCC2CCOC2)=C(C(=N)N2CCCc3cc(-c4cnn(C)c4)ccc32)C1. The van der Waals surface area contributed by atoms with E-state index in [-0.39, 0.29) is 5.91 Å². The predicted octanol–water partition coefficient (Wildman–Crippen LogP) is 2.95. The van der Waals surface area contributed by atoms with Crippen LogP contribution in [0.3, 0.4) is 0 Å². The van der Waals surface area contributed by atoms with E-state index in [1.54, 1.807) is 6.92 Å². The number of nitrogens with one attached hydrogen (secondary N) is 2. The maximum absolute atomic E-state index is 12.2. The molecule has 0 bridgehead atoms. The number of hydrogen-bond donors (Lipinski definition) is 2. The zero-order chi connectivity index (χ0) is 23.7. The normalized spacial score (nSPS) is 20.5. The monoisotopic (exact) mass is 462 g/mol. The lowest BCUT2D eigenvalue weighted by Crippen LogP contribution is -2.45. The molecule has 0 aliphatic carbocycles. The molecular formula is C26H34N6O2. The summed E-state index contributed by atoms with van der Waals surface area (Å²) >= 11 is 0. The lowest BCUT2D eigenvalue weighted by atomic mass is 9.95. The average molecular weight is 463 g/mol. The van der Waals surface area contributed by atoms with E-state index in [1.165, 1.54) is 5.56 Å². The summed E-state index contributed by atoms with van der Waals surface area (Å²) < 4.78 is 7.35. The van der Waals surface area contributed by atoms with Crippen LogP contribution < -0.4 is 10.2 Å². The second-order valence-electron chi connectivity index (χ2n) is 9.61. The van der Waals surface area contributed by atoms with Gasteiger partial charge in [0.2, 0.25) is 5.91 Å². The van der Waals surface area contributed by atoms with Crippen LogP contribution >= 0.6 is 0 Å². The summed E-state index contributed by atoms with van der Waals surface area (Å²) in [6.07, 6.45) is 7.75. The van der Waals surface area contributed by atoms with Crippen LogP contribution in [0.25, 0.3) is 11.1 Å². The van der Waals surface area contributed by atoms with E-state index in [2.05, 4.69) is 33.5 Å². The van der Waals surface area contributed by atoms with Gasteiger partial charge in [0, 0.05) is 81.3 Å². The second kappa shape index (κ2) is 9.62. The van der Waals surface area contributed by atoms with Crippen LogP contribution in [0.5, 0.6) is 0 Å². The molecule has 2 N–H and O–H groups in total. The number of hydrogen-bond acceptors (Lipinski definition) is 5. The summed E-state index contributed by atoms with van der Waals surface area (Å²) in [4.78, 5) is 16.1. The van der Waals surface area contributed by atoms with Gasteiger partial charge in [-0.3, -0.25) is 14.9 Å². The molecule has 1 fully saturated rings. The van der Waals surface area contributed by atoms with Crippen LogP contribution in [0.2, 0.25) is 0 Å². The van der Waals surface area contributed by atoms with Crippen molar-refractivity contribution in [1.82, 2.24) is 20.0 Å². The predicted molar refractivity (Wildman–Crippen MR) is 133 cm³/mol. The minimum atomic E-state index is 0.0636. The molecule has 0 saturated carbocycles. The smallest absolute Gasteiger partial charge is 0.219 e. The van der Waals surface area contributed by atoms with E-state index in [4.69, 9.17) is 4.74 Å². The third-order valence-electron chi connectivity index (χ3n) is 7.21. The lowest BCUT2D eigenvalue weighted by molar-refractivity contribution is -0.128. The van der Waals surface area contributed by atoms with Crippen LogP contribution in [0, 0.1) is 11.3 Å². The van der Waals surface area contributed by atoms with Gasteiger partial charge in [-0.1, -0.05) is 6.07 Å². The molecule has 34 heavy (non-hydrogen) atoms. The molecule has 3 aliphatic rings. The Hall–Kier alpha value is -3.13. The fraction of sp³-hybridized carbons (Fsp3) is 0.500. The van der Waals surface area contributed by atoms with Crippen LogP contribution in [-0.2, 0) is 23.0 Å². The highest BCUT2D eigenvalue weighted by molar-refractivity contribution is 6.09. The summed E-state index contributed by atoms with van der Waals surface area (Å²) in [5.74, 6) is 1.08. The number of nitrogens with zero attached hydrogens (tertiary/aromatic N) is 4. The topological polar surface area (TPSA) is 86.5 Å². The Morgan fingerprint density at radius 2 is 2.15 bits per heavy atom. The van der Waals surface area contributed by atoms with Crippen molar-refractivity contribution in [3.05, 3.63) is 47.4 Å². The molecule has 1 aromatic heterocycles. The largest absolute Gasteiger partial charge is 0.388 e. The first kappa shape index (κ1) is 22.7. The fourth-order valence-corrected chi connectivity index (χ4v) is 5.20. The number of aryl methyl sites for hydroxylation is 2. The Morgan fingerprint density at radius 3 is 2.88 bits per heavy atom. The number of amides is 1. The Labute approximate surface area is 201 Å². The Kier molecular flexibility index (Phi) is 6.41. The van der Waals surface area contributed by atoms with Crippen molar-refractivity contribution in [2.75, 3.05) is 44.3 Å². The second-order valence-corrected chi connectivity index (χ2v) is 9.61. The number of amidine groups is 1. The number of carbonyl (C=O) groups is 1. The standard InChI is InChI=1S/C26H34N6O2/c1-18(33)31-10-7-24(28-13-19-8-11-34-17-19)23(16-31)26(27)32-9-3-4-21-12-20(5-6-25(21)32)22-14-29-30(2)15-22/h5-6,12,14-15,19,27-28H,3-4,7-11,13,16-17H2,1-2H3. The summed E-state index contributed by atoms with van der Waals surface area (Å²) in [7, 11) is 1.93. The van der Waals surface area contributed by atoms with Gasteiger partial charge in [0.1, 0.15) is 5.84 Å². The lowest BCUT2D eigenvalue weighted by Gasteiger charge is -2.37. The zero-order valence-electron chi connectivity index (χ0n) is 20.1. The van der Waals surface area contributed by atoms with Crippen molar-refractivity contribution in [1.29, 1.82) is 5.41 Å². The first-order valence-corrected chi connectivity index (χ1v) is 12.3. The van der Waals surface area contributed by atoms with Gasteiger partial charge >= 0.3 is 0 Å². The van der Waals surface area contributed by atoms with Crippen LogP contribution in [-0.4, -0.2) is 65.8 Å². The summed E-state index contributed by atoms with van der Waals surface area (Å²) in [5, 5.41) is 17.2. The van der Waals surface area contributed by atoms with Gasteiger partial charge in [-0.2, -0.15) is 5.10 Å². The number of anilines is 1. The van der Waals surface area contributed by atoms with E-state index in [1.807, 2.05) is 29.0 Å². The van der Waals surface area contributed by atoms with Gasteiger partial charge in [0.05, 0.1) is 19.3 Å². The van der Waals surface area contributed by atoms with E-state index < -0.39 is 0 Å². The first-order valence-electron chi connectivity index (χ1n) is 12.3. The molecule has 1 saturated heterocycles. The molecule has 3 aliphatic heterocycles. The highest BCUT2D eigenvalue weighted by Gasteiger charge is 2.29. The number of rotatable bonds is 5. The van der Waals surface area contributed by atoms with Crippen molar-refractivity contribution in [3.8, 4) is 11.1 Å². The molecule has 1 unspecified atom stereocenters. The maximum atomic E-state index is 12.2. The molecule has 5 rings (SSSR count). The highest BCUT2D eigenvalue weighted by atomic mass is 16.5. The number of fused-ring (bicyclic) bond motifs is 1. The molecule has 1 amide bonds. The van der Waals surface area contributed by atoms with Crippen LogP contribution in [0.15, 0.2) is 41.9 Å². The van der Waals surface area contributed by atoms with Crippen molar-refractivity contribution in [2.24, 2.45) is 13.0 Å². The molecule has 0 radical (unpaired) electrons. The number of carbonyl (C=O) groups excluding carboxylic acids is 1. The van der Waals surface area contributed by atoms with E-state index in [9.17, 15) is 10.2 Å². The van der Waals surface area contributed by atoms with Crippen molar-refractivity contribution in [3.63, 3.8) is 0 Å². The number of ether oxygens (including phenoxy) is 1. The molecule has 1 aromatic carbocycles. The van der Waals surface area contributed by atoms with Crippen LogP contribution in [0.4, 0.5) is 5.69 Å². The van der Waals surface area contributed by atoms with Crippen molar-refractivity contribution < 1.29 is 9.53 Å². The number of benzene rings is 1. The van der Waals surface area contributed by atoms with E-state index >= 15 is 0 Å². The Morgan fingerprint density at radius 1 is 1.26 bits per heavy atom. The summed E-state index contributed by atoms with van der Waals surface area (Å²) in [6.45, 7) is 6.09. The Bertz CT molecular complexity index is 1110. The molecule has 8 heteroatoms. The zero-order valence-corrected chi connectivity index (χ0v) is 20.1. The average Bonchev–Trinajstić information content (AvgIpc) is 3.53. The van der Waals surface area contributed by atoms with Gasteiger partial charge in [-0.15, -0.1) is 0 Å². The van der Waals surface area contributed by atoms with Gasteiger partial charge in [-0.05, 0) is 42.5 Å². The van der Waals surface area contributed by atoms with Crippen molar-refractivity contribution in [2.45, 2.75) is 32.6 Å². The Balaban J connectivity index is 1.42. The summed E-state index contributed by atoms with van der Waals surface area (Å²) in [5.41, 5.74) is 6.65.